The van der Waals surface area contributed by atoms with E-state index in [1.54, 1.807) is 11.6 Å². The Bertz CT molecular complexity index is 429. The first-order valence-electron chi connectivity index (χ1n) is 4.61. The summed E-state index contributed by atoms with van der Waals surface area (Å²) in [4.78, 5) is 0. The fourth-order valence-electron chi connectivity index (χ4n) is 1.27. The number of halogens is 1. The number of allylic oxidation sites excluding steroid dienone is 1. The Hall–Kier alpha value is -1.47. The summed E-state index contributed by atoms with van der Waals surface area (Å²) in [5.74, 6) is 0.00370. The van der Waals surface area contributed by atoms with Gasteiger partial charge in [-0.05, 0) is 19.9 Å². The van der Waals surface area contributed by atoms with Crippen LogP contribution in [0.3, 0.4) is 0 Å². The van der Waals surface area contributed by atoms with E-state index in [4.69, 9.17) is 16.9 Å². The SMILES string of the molecule is CCn1nc(C)c(Cl)c1/C(O)=C\CC#N. The number of aryl methyl sites for hydroxylation is 2. The average molecular weight is 226 g/mol. The van der Waals surface area contributed by atoms with Crippen molar-refractivity contribution < 1.29 is 5.11 Å². The molecule has 0 saturated carbocycles. The highest BCUT2D eigenvalue weighted by Crippen LogP contribution is 2.25. The van der Waals surface area contributed by atoms with Gasteiger partial charge >= 0.3 is 0 Å². The molecule has 0 saturated heterocycles. The van der Waals surface area contributed by atoms with Gasteiger partial charge in [0, 0.05) is 6.54 Å². The number of hydrogen-bond acceptors (Lipinski definition) is 3. The van der Waals surface area contributed by atoms with Gasteiger partial charge in [0.05, 0.1) is 23.2 Å². The number of rotatable bonds is 3. The highest BCUT2D eigenvalue weighted by molar-refractivity contribution is 6.32. The standard InChI is InChI=1S/C10H12ClN3O/c1-3-14-10(8(15)5-4-6-12)9(11)7(2)13-14/h5,15H,3-4H2,1-2H3/b8-5+. The summed E-state index contributed by atoms with van der Waals surface area (Å²) in [5, 5.41) is 22.7. The van der Waals surface area contributed by atoms with Crippen molar-refractivity contribution in [3.05, 3.63) is 22.5 Å². The smallest absolute Gasteiger partial charge is 0.139 e. The number of nitrogens with zero attached hydrogens (tertiary/aromatic N) is 3. The van der Waals surface area contributed by atoms with Crippen LogP contribution in [0, 0.1) is 18.3 Å². The van der Waals surface area contributed by atoms with E-state index >= 15 is 0 Å². The monoisotopic (exact) mass is 225 g/mol. The molecule has 0 spiro atoms. The molecule has 0 aliphatic rings. The molecule has 0 radical (unpaired) electrons. The molecule has 0 aliphatic heterocycles. The van der Waals surface area contributed by atoms with Gasteiger partial charge in [0.2, 0.25) is 0 Å². The molecule has 1 rings (SSSR count). The first kappa shape index (κ1) is 11.6. The summed E-state index contributed by atoms with van der Waals surface area (Å²) in [6, 6.07) is 1.92. The highest BCUT2D eigenvalue weighted by atomic mass is 35.5. The molecule has 0 atom stereocenters. The van der Waals surface area contributed by atoms with E-state index in [-0.39, 0.29) is 12.2 Å². The van der Waals surface area contributed by atoms with Gasteiger partial charge in [-0.1, -0.05) is 11.6 Å². The topological polar surface area (TPSA) is 61.8 Å². The summed E-state index contributed by atoms with van der Waals surface area (Å²) in [7, 11) is 0. The van der Waals surface area contributed by atoms with E-state index in [1.807, 2.05) is 13.0 Å². The van der Waals surface area contributed by atoms with Crippen molar-refractivity contribution in [1.82, 2.24) is 9.78 Å². The predicted octanol–water partition coefficient (Wildman–Crippen LogP) is 2.68. The molecule has 0 amide bonds. The summed E-state index contributed by atoms with van der Waals surface area (Å²) < 4.78 is 1.61. The molecule has 1 aromatic heterocycles. The molecule has 4 nitrogen and oxygen atoms in total. The van der Waals surface area contributed by atoms with Crippen molar-refractivity contribution in [2.45, 2.75) is 26.8 Å². The Kier molecular flexibility index (Phi) is 3.75. The van der Waals surface area contributed by atoms with E-state index < -0.39 is 0 Å². The van der Waals surface area contributed by atoms with Gasteiger partial charge in [-0.2, -0.15) is 10.4 Å². The van der Waals surface area contributed by atoms with Gasteiger partial charge in [-0.25, -0.2) is 0 Å². The van der Waals surface area contributed by atoms with Crippen molar-refractivity contribution in [2.24, 2.45) is 0 Å². The van der Waals surface area contributed by atoms with Crippen LogP contribution in [-0.4, -0.2) is 14.9 Å². The number of hydrogen-bond donors (Lipinski definition) is 1. The van der Waals surface area contributed by atoms with Gasteiger partial charge in [-0.3, -0.25) is 4.68 Å². The largest absolute Gasteiger partial charge is 0.506 e. The van der Waals surface area contributed by atoms with Crippen molar-refractivity contribution in [1.29, 1.82) is 5.26 Å². The zero-order chi connectivity index (χ0) is 11.4. The van der Waals surface area contributed by atoms with Crippen LogP contribution in [-0.2, 0) is 6.54 Å². The average Bonchev–Trinajstić information content (AvgIpc) is 2.51. The van der Waals surface area contributed by atoms with Crippen molar-refractivity contribution in [3.63, 3.8) is 0 Å². The summed E-state index contributed by atoms with van der Waals surface area (Å²) in [5.41, 5.74) is 1.15. The Morgan fingerprint density at radius 1 is 1.73 bits per heavy atom. The minimum Gasteiger partial charge on any atom is -0.506 e. The Morgan fingerprint density at radius 2 is 2.40 bits per heavy atom. The van der Waals surface area contributed by atoms with Crippen molar-refractivity contribution >= 4 is 17.4 Å². The highest BCUT2D eigenvalue weighted by Gasteiger charge is 2.15. The van der Waals surface area contributed by atoms with E-state index in [1.165, 1.54) is 6.08 Å². The molecular formula is C10H12ClN3O. The summed E-state index contributed by atoms with van der Waals surface area (Å²) in [6.07, 6.45) is 1.57. The lowest BCUT2D eigenvalue weighted by molar-refractivity contribution is 0.494. The maximum Gasteiger partial charge on any atom is 0.139 e. The summed E-state index contributed by atoms with van der Waals surface area (Å²) >= 11 is 6.00. The van der Waals surface area contributed by atoms with E-state index in [0.29, 0.717) is 23.0 Å². The fourth-order valence-corrected chi connectivity index (χ4v) is 1.50. The molecule has 80 valence electrons. The third-order valence-electron chi connectivity index (χ3n) is 1.98. The second-order valence-corrected chi connectivity index (χ2v) is 3.39. The van der Waals surface area contributed by atoms with E-state index in [2.05, 4.69) is 5.10 Å². The number of nitriles is 1. The minimum atomic E-state index is 0.00370. The van der Waals surface area contributed by atoms with Gasteiger partial charge in [-0.15, -0.1) is 0 Å². The van der Waals surface area contributed by atoms with Gasteiger partial charge in [0.1, 0.15) is 11.5 Å². The predicted molar refractivity (Wildman–Crippen MR) is 58.5 cm³/mol. The van der Waals surface area contributed by atoms with Gasteiger partial charge < -0.3 is 5.11 Å². The maximum absolute atomic E-state index is 9.72. The van der Waals surface area contributed by atoms with Crippen LogP contribution in [0.1, 0.15) is 24.7 Å². The first-order chi connectivity index (χ1) is 7.11. The molecule has 1 N–H and O–H groups in total. The molecule has 5 heteroatoms. The third-order valence-corrected chi connectivity index (χ3v) is 2.44. The Labute approximate surface area is 93.4 Å². The fraction of sp³-hybridized carbons (Fsp3) is 0.400. The maximum atomic E-state index is 9.72. The lowest BCUT2D eigenvalue weighted by Crippen LogP contribution is -2.02. The van der Waals surface area contributed by atoms with Crippen molar-refractivity contribution in [2.75, 3.05) is 0 Å². The van der Waals surface area contributed by atoms with Gasteiger partial charge in [0.25, 0.3) is 0 Å². The van der Waals surface area contributed by atoms with Crippen LogP contribution in [0.5, 0.6) is 0 Å². The molecule has 0 bridgehead atoms. The summed E-state index contributed by atoms with van der Waals surface area (Å²) in [6.45, 7) is 4.30. The number of aliphatic hydroxyl groups excluding tert-OH is 1. The number of aromatic nitrogens is 2. The molecule has 0 unspecified atom stereocenters. The zero-order valence-corrected chi connectivity index (χ0v) is 9.41. The molecule has 0 aliphatic carbocycles. The number of aliphatic hydroxyl groups is 1. The van der Waals surface area contributed by atoms with Crippen LogP contribution in [0.2, 0.25) is 5.02 Å². The normalized spacial score (nSPS) is 11.5. The third kappa shape index (κ3) is 2.31. The molecule has 1 aromatic rings. The van der Waals surface area contributed by atoms with Crippen LogP contribution in [0.25, 0.3) is 5.76 Å². The Morgan fingerprint density at radius 3 is 2.93 bits per heavy atom. The van der Waals surface area contributed by atoms with Gasteiger partial charge in [0.15, 0.2) is 0 Å². The quantitative estimate of drug-likeness (QED) is 0.805. The minimum absolute atomic E-state index is 0.00370. The molecule has 0 fully saturated rings. The van der Waals surface area contributed by atoms with Crippen LogP contribution >= 0.6 is 11.6 Å². The zero-order valence-electron chi connectivity index (χ0n) is 8.66. The molecular weight excluding hydrogens is 214 g/mol. The second kappa shape index (κ2) is 4.85. The lowest BCUT2D eigenvalue weighted by atomic mass is 10.2. The molecule has 15 heavy (non-hydrogen) atoms. The van der Waals surface area contributed by atoms with Crippen molar-refractivity contribution in [3.8, 4) is 6.07 Å². The van der Waals surface area contributed by atoms with E-state index in [9.17, 15) is 5.11 Å². The van der Waals surface area contributed by atoms with Crippen LogP contribution < -0.4 is 0 Å². The van der Waals surface area contributed by atoms with E-state index in [0.717, 1.165) is 0 Å². The Balaban J connectivity index is 3.18. The molecule has 0 aromatic carbocycles. The second-order valence-electron chi connectivity index (χ2n) is 3.02. The lowest BCUT2D eigenvalue weighted by Gasteiger charge is -2.03. The molecule has 1 heterocycles. The first-order valence-corrected chi connectivity index (χ1v) is 4.99. The van der Waals surface area contributed by atoms with Crippen LogP contribution in [0.4, 0.5) is 0 Å². The van der Waals surface area contributed by atoms with Crippen LogP contribution in [0.15, 0.2) is 6.08 Å².